The molecule has 1 spiro atoms. The number of ether oxygens (including phenoxy) is 2. The second-order valence-corrected chi connectivity index (χ2v) is 10.7. The number of fused-ring (bicyclic) bond motifs is 1. The van der Waals surface area contributed by atoms with Crippen LogP contribution in [0.3, 0.4) is 0 Å². The van der Waals surface area contributed by atoms with Gasteiger partial charge in [0.05, 0.1) is 30.7 Å². The number of aldehydes is 1. The molecule has 2 saturated heterocycles. The van der Waals surface area contributed by atoms with Crippen molar-refractivity contribution in [2.45, 2.75) is 44.0 Å². The van der Waals surface area contributed by atoms with Gasteiger partial charge in [0, 0.05) is 18.2 Å². The highest BCUT2D eigenvalue weighted by Gasteiger charge is 2.61. The number of amides is 4. The number of hydrogen-bond acceptors (Lipinski definition) is 8. The Morgan fingerprint density at radius 2 is 1.82 bits per heavy atom. The number of hydrazone groups is 1. The fourth-order valence-corrected chi connectivity index (χ4v) is 5.18. The molecule has 4 amide bonds. The summed E-state index contributed by atoms with van der Waals surface area (Å²) >= 11 is 0. The average molecular weight is 556 g/mol. The van der Waals surface area contributed by atoms with Gasteiger partial charge < -0.3 is 20.2 Å². The van der Waals surface area contributed by atoms with E-state index in [9.17, 15) is 28.0 Å². The third-order valence-electron chi connectivity index (χ3n) is 6.82. The van der Waals surface area contributed by atoms with Crippen molar-refractivity contribution in [2.75, 3.05) is 25.2 Å². The highest BCUT2D eigenvalue weighted by Crippen LogP contribution is 2.45. The second-order valence-electron chi connectivity index (χ2n) is 10.7. The van der Waals surface area contributed by atoms with Crippen LogP contribution in [-0.4, -0.2) is 72.4 Å². The summed E-state index contributed by atoms with van der Waals surface area (Å²) in [6, 6.07) is 3.68. The van der Waals surface area contributed by atoms with E-state index in [2.05, 4.69) is 15.8 Å². The lowest BCUT2D eigenvalue weighted by Crippen LogP contribution is -2.63. The molecule has 0 radical (unpaired) electrons. The van der Waals surface area contributed by atoms with Crippen LogP contribution < -0.4 is 15.6 Å². The number of anilines is 1. The summed E-state index contributed by atoms with van der Waals surface area (Å²) in [6.45, 7) is 4.78. The first kappa shape index (κ1) is 27.2. The Labute approximate surface area is 228 Å². The Kier molecular flexibility index (Phi) is 6.57. The zero-order chi connectivity index (χ0) is 29.0. The summed E-state index contributed by atoms with van der Waals surface area (Å²) in [5.74, 6) is -2.03. The van der Waals surface area contributed by atoms with Gasteiger partial charge in [0.15, 0.2) is 11.8 Å². The molecule has 3 aliphatic rings. The molecule has 3 heterocycles. The van der Waals surface area contributed by atoms with Crippen molar-refractivity contribution in [2.24, 2.45) is 5.10 Å². The largest absolute Gasteiger partial charge is 0.443 e. The quantitative estimate of drug-likeness (QED) is 0.337. The van der Waals surface area contributed by atoms with Gasteiger partial charge >= 0.3 is 12.1 Å². The molecule has 40 heavy (non-hydrogen) atoms. The fraction of sp³-hybridized carbons (Fsp3) is 0.370. The van der Waals surface area contributed by atoms with Gasteiger partial charge in [0.25, 0.3) is 5.91 Å². The van der Waals surface area contributed by atoms with Gasteiger partial charge in [-0.25, -0.2) is 18.4 Å². The van der Waals surface area contributed by atoms with Crippen LogP contribution >= 0.6 is 0 Å². The van der Waals surface area contributed by atoms with E-state index in [1.54, 1.807) is 20.8 Å². The van der Waals surface area contributed by atoms with Crippen LogP contribution in [0, 0.1) is 11.6 Å². The fourth-order valence-electron chi connectivity index (χ4n) is 5.18. The molecule has 2 unspecified atom stereocenters. The van der Waals surface area contributed by atoms with Crippen molar-refractivity contribution in [3.05, 3.63) is 64.7 Å². The van der Waals surface area contributed by atoms with Gasteiger partial charge in [-0.15, -0.1) is 0 Å². The molecule has 2 aromatic rings. The zero-order valence-corrected chi connectivity index (χ0v) is 22.2. The molecule has 0 aliphatic carbocycles. The van der Waals surface area contributed by atoms with E-state index < -0.39 is 52.9 Å². The Balaban J connectivity index is 1.84. The van der Waals surface area contributed by atoms with Gasteiger partial charge in [0.2, 0.25) is 0 Å². The molecular formula is C27H27F2N5O6. The maximum absolute atomic E-state index is 14.9. The van der Waals surface area contributed by atoms with Gasteiger partial charge in [-0.05, 0) is 50.6 Å². The summed E-state index contributed by atoms with van der Waals surface area (Å²) in [6.07, 6.45) is -0.559. The third kappa shape index (κ3) is 4.35. The molecule has 13 heteroatoms. The van der Waals surface area contributed by atoms with Crippen LogP contribution in [0.5, 0.6) is 0 Å². The molecule has 2 N–H and O–H groups in total. The lowest BCUT2D eigenvalue weighted by atomic mass is 9.82. The Hall–Kier alpha value is -4.39. The van der Waals surface area contributed by atoms with E-state index in [4.69, 9.17) is 9.47 Å². The minimum absolute atomic E-state index is 0.00882. The highest BCUT2D eigenvalue weighted by atomic mass is 19.1. The molecule has 0 aromatic heterocycles. The average Bonchev–Trinajstić information content (AvgIpc) is 3.13. The molecule has 3 aliphatic heterocycles. The summed E-state index contributed by atoms with van der Waals surface area (Å²) in [7, 11) is 1.47. The normalized spacial score (nSPS) is 22.6. The smallest absolute Gasteiger partial charge is 0.415 e. The zero-order valence-electron chi connectivity index (χ0n) is 22.2. The number of nitrogens with zero attached hydrogens (tertiary/aromatic N) is 3. The second kappa shape index (κ2) is 9.66. The van der Waals surface area contributed by atoms with Crippen molar-refractivity contribution < 1.29 is 37.4 Å². The summed E-state index contributed by atoms with van der Waals surface area (Å²) in [4.78, 5) is 55.3. The topological polar surface area (TPSA) is 130 Å². The van der Waals surface area contributed by atoms with Crippen molar-refractivity contribution in [3.63, 3.8) is 0 Å². The number of nitrogens with one attached hydrogen (secondary N) is 2. The van der Waals surface area contributed by atoms with Crippen LogP contribution in [-0.2, 0) is 14.3 Å². The standard InChI is InChI=1S/C27H27F2N5O6/c1-26(2,3)40-25(38)33-18-10-17(29)9-15(11-35)19(18)20(32-30-4)22(21(33)14-5-7-16(28)8-6-14)34-23(36)27(12-39-13-27)31-24(34)37/h5-11,21-22,30H,12-13H2,1-4H3,(H,31,37)/b32-20+. The van der Waals surface area contributed by atoms with Gasteiger partial charge in [-0.3, -0.25) is 19.4 Å². The van der Waals surface area contributed by atoms with Gasteiger partial charge in [-0.1, -0.05) is 12.1 Å². The van der Waals surface area contributed by atoms with Gasteiger partial charge in [0.1, 0.15) is 23.3 Å². The van der Waals surface area contributed by atoms with E-state index in [1.165, 1.54) is 19.2 Å². The first-order valence-corrected chi connectivity index (χ1v) is 12.5. The van der Waals surface area contributed by atoms with Crippen LogP contribution in [0.2, 0.25) is 0 Å². The van der Waals surface area contributed by atoms with Crippen molar-refractivity contribution in [1.82, 2.24) is 15.6 Å². The Morgan fingerprint density at radius 3 is 2.35 bits per heavy atom. The number of carbonyl (C=O) groups is 4. The molecule has 11 nitrogen and oxygen atoms in total. The predicted molar refractivity (Wildman–Crippen MR) is 138 cm³/mol. The molecule has 210 valence electrons. The number of carbonyl (C=O) groups excluding carboxylic acids is 4. The molecular weight excluding hydrogens is 528 g/mol. The van der Waals surface area contributed by atoms with Crippen molar-refractivity contribution in [3.8, 4) is 0 Å². The maximum Gasteiger partial charge on any atom is 0.415 e. The van der Waals surface area contributed by atoms with E-state index in [0.29, 0.717) is 6.29 Å². The van der Waals surface area contributed by atoms with Crippen LogP contribution in [0.4, 0.5) is 24.1 Å². The van der Waals surface area contributed by atoms with Crippen LogP contribution in [0.25, 0.3) is 0 Å². The predicted octanol–water partition coefficient (Wildman–Crippen LogP) is 2.89. The third-order valence-corrected chi connectivity index (χ3v) is 6.82. The van der Waals surface area contributed by atoms with E-state index >= 15 is 0 Å². The van der Waals surface area contributed by atoms with Crippen LogP contribution in [0.1, 0.15) is 48.3 Å². The number of halogens is 2. The first-order valence-electron chi connectivity index (χ1n) is 12.5. The molecule has 5 rings (SSSR count). The summed E-state index contributed by atoms with van der Waals surface area (Å²) in [5, 5.41) is 7.00. The number of benzene rings is 2. The Morgan fingerprint density at radius 1 is 1.15 bits per heavy atom. The van der Waals surface area contributed by atoms with Crippen LogP contribution in [0.15, 0.2) is 41.5 Å². The lowest BCUT2D eigenvalue weighted by Gasteiger charge is -2.46. The molecule has 2 atom stereocenters. The SMILES string of the molecule is CN/N=C1\c2c(C=O)cc(F)cc2N(C(=O)OC(C)(C)C)C(c2ccc(F)cc2)C1N1C(=O)NC2(COC2)C1=O. The van der Waals surface area contributed by atoms with E-state index in [1.807, 2.05) is 0 Å². The molecule has 0 bridgehead atoms. The molecule has 2 fully saturated rings. The maximum atomic E-state index is 14.9. The first-order chi connectivity index (χ1) is 18.9. The molecule has 0 saturated carbocycles. The number of urea groups is 1. The monoisotopic (exact) mass is 555 g/mol. The number of imide groups is 1. The number of hydrogen-bond donors (Lipinski definition) is 2. The minimum atomic E-state index is -1.35. The number of rotatable bonds is 4. The van der Waals surface area contributed by atoms with Crippen molar-refractivity contribution >= 4 is 35.7 Å². The Bertz CT molecular complexity index is 1430. The van der Waals surface area contributed by atoms with Gasteiger partial charge in [-0.2, -0.15) is 5.10 Å². The summed E-state index contributed by atoms with van der Waals surface area (Å²) < 4.78 is 39.8. The van der Waals surface area contributed by atoms with E-state index in [0.717, 1.165) is 34.1 Å². The summed E-state index contributed by atoms with van der Waals surface area (Å²) in [5.41, 5.74) is 0.384. The van der Waals surface area contributed by atoms with E-state index in [-0.39, 0.29) is 41.3 Å². The highest BCUT2D eigenvalue weighted by molar-refractivity contribution is 6.21. The minimum Gasteiger partial charge on any atom is -0.443 e. The lowest BCUT2D eigenvalue weighted by molar-refractivity contribution is -0.148. The van der Waals surface area contributed by atoms with Crippen molar-refractivity contribution in [1.29, 1.82) is 0 Å². The molecule has 2 aromatic carbocycles.